The average Bonchev–Trinajstić information content (AvgIpc) is 3.31. The number of nitrogens with zero attached hydrogens (tertiary/aromatic N) is 1. The lowest BCUT2D eigenvalue weighted by molar-refractivity contribution is -0.177. The minimum absolute atomic E-state index is 0.0200. The summed E-state index contributed by atoms with van der Waals surface area (Å²) in [7, 11) is -2.29. The van der Waals surface area contributed by atoms with E-state index < -0.39 is 8.17 Å². The molecule has 0 bridgehead atoms. The van der Waals surface area contributed by atoms with E-state index in [0.29, 0.717) is 18.6 Å². The number of hydrogen-bond donors (Lipinski definition) is 2. The molecule has 0 aromatic heterocycles. The third-order valence-electron chi connectivity index (χ3n) is 12.1. The van der Waals surface area contributed by atoms with Crippen LogP contribution < -0.4 is 10.2 Å². The summed E-state index contributed by atoms with van der Waals surface area (Å²) in [6.07, 6.45) is 19.7. The molecule has 0 saturated heterocycles. The van der Waals surface area contributed by atoms with E-state index in [1.165, 1.54) is 51.4 Å². The monoisotopic (exact) mass is 606 g/mol. The molecule has 0 aromatic rings. The van der Waals surface area contributed by atoms with Crippen LogP contribution >= 0.6 is 8.17 Å². The molecule has 3 fully saturated rings. The zero-order valence-corrected chi connectivity index (χ0v) is 28.0. The molecule has 4 rings (SSSR count). The Morgan fingerprint density at radius 3 is 2.62 bits per heavy atom. The predicted octanol–water partition coefficient (Wildman–Crippen LogP) is 8.94. The number of nitrogens with one attached hydrogen (secondary N) is 1. The summed E-state index contributed by atoms with van der Waals surface area (Å²) < 4.78 is 10.7. The first-order chi connectivity index (χ1) is 20.1. The molecule has 1 amide bonds. The van der Waals surface area contributed by atoms with E-state index in [-0.39, 0.29) is 17.6 Å². The minimum Gasteiger partial charge on any atom is -0.582 e. The standard InChI is InChI=1S/C34H59N2O5P/c1-24(2)11-10-12-25(3)29-15-16-30-28-14-13-26-23-27(17-19-33(26,4)31(28)18-20-34(29,30)5)41-32(37)35-21-8-6-7-9-22-40-42(39)36-38/h13,24-25,27-31,38H,6-12,14-23H2,1-5H3,(H,35,37)/t25?,27-,28?,29+,30?,31?,33-,34+/m0/s1. The summed E-state index contributed by atoms with van der Waals surface area (Å²) in [6.45, 7) is 13.4. The molecule has 8 heteroatoms. The van der Waals surface area contributed by atoms with Gasteiger partial charge in [-0.15, -0.1) is 0 Å². The molecule has 7 nitrogen and oxygen atoms in total. The summed E-state index contributed by atoms with van der Waals surface area (Å²) in [5, 5.41) is 11.3. The second-order valence-electron chi connectivity index (χ2n) is 15.1. The molecule has 0 aliphatic heterocycles. The fraction of sp³-hybridized carbons (Fsp3) is 0.912. The zero-order valence-electron chi connectivity index (χ0n) is 27.1. The van der Waals surface area contributed by atoms with Crippen LogP contribution in [0.1, 0.15) is 131 Å². The second-order valence-corrected chi connectivity index (χ2v) is 16.0. The number of carbonyl (C=O) groups excluding carboxylic acids is 1. The van der Waals surface area contributed by atoms with Gasteiger partial charge in [-0.25, -0.2) is 10.0 Å². The maximum atomic E-state index is 12.5. The van der Waals surface area contributed by atoms with Crippen molar-refractivity contribution in [3.05, 3.63) is 11.6 Å². The molecule has 0 aromatic carbocycles. The van der Waals surface area contributed by atoms with E-state index in [4.69, 9.17) is 14.5 Å². The van der Waals surface area contributed by atoms with Crippen LogP contribution in [-0.4, -0.2) is 30.6 Å². The molecule has 5 unspecified atom stereocenters. The molecule has 42 heavy (non-hydrogen) atoms. The normalized spacial score (nSPS) is 35.2. The van der Waals surface area contributed by atoms with Crippen molar-refractivity contribution in [2.45, 2.75) is 137 Å². The smallest absolute Gasteiger partial charge is 0.407 e. The zero-order chi connectivity index (χ0) is 30.3. The Hall–Kier alpha value is -1.01. The van der Waals surface area contributed by atoms with Crippen molar-refractivity contribution in [2.75, 3.05) is 13.2 Å². The fourth-order valence-electron chi connectivity index (χ4n) is 9.89. The van der Waals surface area contributed by atoms with Crippen molar-refractivity contribution in [2.24, 2.45) is 51.2 Å². The van der Waals surface area contributed by atoms with Crippen molar-refractivity contribution >= 4 is 14.3 Å². The van der Waals surface area contributed by atoms with Gasteiger partial charge in [-0.1, -0.05) is 78.4 Å². The number of unbranched alkanes of at least 4 members (excludes halogenated alkanes) is 3. The van der Waals surface area contributed by atoms with Gasteiger partial charge in [0.1, 0.15) is 12.7 Å². The van der Waals surface area contributed by atoms with Crippen molar-refractivity contribution in [3.63, 3.8) is 0 Å². The highest BCUT2D eigenvalue weighted by molar-refractivity contribution is 7.33. The molecule has 240 valence electrons. The van der Waals surface area contributed by atoms with Gasteiger partial charge in [0, 0.05) is 13.0 Å². The fourth-order valence-corrected chi connectivity index (χ4v) is 10.2. The summed E-state index contributed by atoms with van der Waals surface area (Å²) in [4.78, 5) is 26.0. The van der Waals surface area contributed by atoms with Crippen molar-refractivity contribution in [1.29, 1.82) is 0 Å². The van der Waals surface area contributed by atoms with Crippen LogP contribution in [0.25, 0.3) is 0 Å². The van der Waals surface area contributed by atoms with Crippen LogP contribution in [0.5, 0.6) is 0 Å². The largest absolute Gasteiger partial charge is 0.582 e. The number of carbonyl (C=O) groups is 1. The van der Waals surface area contributed by atoms with Crippen LogP contribution in [0.15, 0.2) is 16.6 Å². The van der Waals surface area contributed by atoms with Crippen molar-refractivity contribution in [1.82, 2.24) is 5.32 Å². The quantitative estimate of drug-likeness (QED) is 0.0889. The van der Waals surface area contributed by atoms with E-state index in [9.17, 15) is 9.69 Å². The first kappa shape index (κ1) is 33.9. The Bertz CT molecular complexity index is 956. The Balaban J connectivity index is 1.23. The molecule has 2 N–H and O–H groups in total. The van der Waals surface area contributed by atoms with Crippen molar-refractivity contribution < 1.29 is 24.2 Å². The number of amides is 1. The highest BCUT2D eigenvalue weighted by Gasteiger charge is 2.59. The van der Waals surface area contributed by atoms with E-state index in [1.807, 2.05) is 0 Å². The summed E-state index contributed by atoms with van der Waals surface area (Å²) in [5.74, 6) is 5.04. The van der Waals surface area contributed by atoms with Crippen LogP contribution in [0, 0.1) is 46.3 Å². The third-order valence-corrected chi connectivity index (χ3v) is 12.7. The van der Waals surface area contributed by atoms with Gasteiger partial charge < -0.3 is 14.9 Å². The maximum Gasteiger partial charge on any atom is 0.407 e. The van der Waals surface area contributed by atoms with Gasteiger partial charge in [-0.05, 0) is 104 Å². The third kappa shape index (κ3) is 7.98. The van der Waals surface area contributed by atoms with Gasteiger partial charge in [0.25, 0.3) is 0 Å². The van der Waals surface area contributed by atoms with Crippen LogP contribution in [-0.2, 0) is 9.26 Å². The van der Waals surface area contributed by atoms with Gasteiger partial charge in [-0.2, -0.15) is 4.52 Å². The Labute approximate surface area is 256 Å². The van der Waals surface area contributed by atoms with Gasteiger partial charge in [0.05, 0.1) is 4.91 Å². The number of allylic oxidation sites excluding steroid dienone is 1. The van der Waals surface area contributed by atoms with E-state index in [0.717, 1.165) is 80.5 Å². The number of fused-ring (bicyclic) bond motifs is 5. The average molecular weight is 607 g/mol. The SMILES string of the molecule is CC(C)CCCC(C)[C@H]1CCC2C3CC=C4C[C@@H](OC(=O)NCCCCCCO[P+]([O-])=NO)CC[C@]4(C)C3CC[C@@]21C. The summed E-state index contributed by atoms with van der Waals surface area (Å²) >= 11 is 0. The first-order valence-electron chi connectivity index (χ1n) is 17.2. The minimum atomic E-state index is -2.29. The number of hydrogen-bond acceptors (Lipinski definition) is 5. The lowest BCUT2D eigenvalue weighted by Crippen LogP contribution is -2.51. The Morgan fingerprint density at radius 2 is 1.86 bits per heavy atom. The molecule has 0 heterocycles. The van der Waals surface area contributed by atoms with Crippen LogP contribution in [0.3, 0.4) is 0 Å². The molecule has 4 aliphatic rings. The Morgan fingerprint density at radius 1 is 1.07 bits per heavy atom. The van der Waals surface area contributed by atoms with Gasteiger partial charge in [0.2, 0.25) is 0 Å². The highest BCUT2D eigenvalue weighted by atomic mass is 31.1. The van der Waals surface area contributed by atoms with E-state index in [1.54, 1.807) is 5.57 Å². The maximum absolute atomic E-state index is 12.5. The molecule has 0 spiro atoms. The van der Waals surface area contributed by atoms with Gasteiger partial charge in [-0.3, -0.25) is 0 Å². The number of rotatable bonds is 14. The summed E-state index contributed by atoms with van der Waals surface area (Å²) in [6, 6.07) is 0. The van der Waals surface area contributed by atoms with Crippen molar-refractivity contribution in [3.8, 4) is 0 Å². The van der Waals surface area contributed by atoms with Gasteiger partial charge >= 0.3 is 14.3 Å². The molecular formula is C34H59N2O5P. The van der Waals surface area contributed by atoms with E-state index in [2.05, 4.69) is 50.9 Å². The number of ether oxygens (including phenoxy) is 1. The first-order valence-corrected chi connectivity index (χ1v) is 18.3. The van der Waals surface area contributed by atoms with Gasteiger partial charge in [0.15, 0.2) is 0 Å². The molecule has 9 atom stereocenters. The highest BCUT2D eigenvalue weighted by Crippen LogP contribution is 2.67. The second kappa shape index (κ2) is 15.3. The lowest BCUT2D eigenvalue weighted by atomic mass is 9.47. The molecule has 0 radical (unpaired) electrons. The summed E-state index contributed by atoms with van der Waals surface area (Å²) in [5.41, 5.74) is 2.35. The Kier molecular flexibility index (Phi) is 12.4. The molecular weight excluding hydrogens is 547 g/mol. The lowest BCUT2D eigenvalue weighted by Gasteiger charge is -2.58. The topological polar surface area (TPSA) is 103 Å². The van der Waals surface area contributed by atoms with E-state index >= 15 is 0 Å². The number of alkyl carbamates (subject to hydrolysis) is 1. The van der Waals surface area contributed by atoms with Crippen LogP contribution in [0.2, 0.25) is 0 Å². The van der Waals surface area contributed by atoms with Crippen LogP contribution in [0.4, 0.5) is 4.79 Å². The molecule has 4 aliphatic carbocycles. The molecule has 3 saturated carbocycles. The predicted molar refractivity (Wildman–Crippen MR) is 167 cm³/mol.